The molecule has 0 aliphatic rings. The normalized spacial score (nSPS) is 11.2. The highest BCUT2D eigenvalue weighted by Gasteiger charge is 2.31. The van der Waals surface area contributed by atoms with Crippen LogP contribution in [-0.2, 0) is 6.18 Å². The summed E-state index contributed by atoms with van der Waals surface area (Å²) in [5.74, 6) is -1.44. The molecule has 0 saturated heterocycles. The summed E-state index contributed by atoms with van der Waals surface area (Å²) in [6, 6.07) is 3.33. The van der Waals surface area contributed by atoms with Crippen LogP contribution in [0.25, 0.3) is 0 Å². The molecule has 122 valence electrons. The first kappa shape index (κ1) is 16.9. The molecular weight excluding hydrogens is 339 g/mol. The number of anilines is 1. The Morgan fingerprint density at radius 2 is 2.00 bits per heavy atom. The van der Waals surface area contributed by atoms with E-state index in [1.165, 1.54) is 7.11 Å². The van der Waals surface area contributed by atoms with Crippen molar-refractivity contribution in [3.8, 4) is 5.75 Å². The average molecular weight is 348 g/mol. The largest absolute Gasteiger partial charge is 0.490 e. The molecule has 0 aliphatic heterocycles. The highest BCUT2D eigenvalue weighted by molar-refractivity contribution is 6.33. The number of carbonyl (C=O) groups excluding carboxylic acids is 1. The molecular formula is C14H9ClF3NO4. The van der Waals surface area contributed by atoms with Crippen LogP contribution in [-0.4, -0.2) is 13.0 Å². The number of halogens is 4. The lowest BCUT2D eigenvalue weighted by Gasteiger charge is -2.11. The Balaban J connectivity index is 2.30. The second-order valence-electron chi connectivity index (χ2n) is 4.32. The van der Waals surface area contributed by atoms with Gasteiger partial charge < -0.3 is 14.5 Å². The summed E-state index contributed by atoms with van der Waals surface area (Å²) < 4.78 is 47.6. The monoisotopic (exact) mass is 347 g/mol. The van der Waals surface area contributed by atoms with Crippen molar-refractivity contribution in [2.75, 3.05) is 12.4 Å². The third-order valence-corrected chi connectivity index (χ3v) is 3.11. The van der Waals surface area contributed by atoms with Crippen molar-refractivity contribution >= 4 is 23.2 Å². The van der Waals surface area contributed by atoms with Gasteiger partial charge in [0.1, 0.15) is 6.26 Å². The van der Waals surface area contributed by atoms with Crippen molar-refractivity contribution in [1.29, 1.82) is 0 Å². The average Bonchev–Trinajstić information content (AvgIpc) is 2.48. The van der Waals surface area contributed by atoms with Crippen LogP contribution in [0.15, 0.2) is 39.7 Å². The van der Waals surface area contributed by atoms with Gasteiger partial charge in [-0.3, -0.25) is 9.59 Å². The van der Waals surface area contributed by atoms with Crippen LogP contribution in [0.3, 0.4) is 0 Å². The van der Waals surface area contributed by atoms with E-state index < -0.39 is 28.8 Å². The SMILES string of the molecule is COc1coc(C(=O)Nc2cc(C(F)(F)F)ccc2Cl)cc1=O. The van der Waals surface area contributed by atoms with Crippen molar-refractivity contribution in [3.05, 3.63) is 57.1 Å². The number of ether oxygens (including phenoxy) is 1. The van der Waals surface area contributed by atoms with Crippen LogP contribution in [0.4, 0.5) is 18.9 Å². The van der Waals surface area contributed by atoms with E-state index in [-0.39, 0.29) is 16.5 Å². The molecule has 1 aromatic carbocycles. The Kier molecular flexibility index (Phi) is 4.65. The summed E-state index contributed by atoms with van der Waals surface area (Å²) >= 11 is 5.76. The third-order valence-electron chi connectivity index (χ3n) is 2.78. The van der Waals surface area contributed by atoms with Gasteiger partial charge >= 0.3 is 6.18 Å². The summed E-state index contributed by atoms with van der Waals surface area (Å²) in [4.78, 5) is 23.5. The Hall–Kier alpha value is -2.48. The number of hydrogen-bond donors (Lipinski definition) is 1. The van der Waals surface area contributed by atoms with E-state index in [9.17, 15) is 22.8 Å². The zero-order chi connectivity index (χ0) is 17.2. The molecule has 0 radical (unpaired) electrons. The topological polar surface area (TPSA) is 68.5 Å². The van der Waals surface area contributed by atoms with Crippen molar-refractivity contribution in [2.24, 2.45) is 0 Å². The van der Waals surface area contributed by atoms with Crippen LogP contribution >= 0.6 is 11.6 Å². The number of carbonyl (C=O) groups is 1. The molecule has 2 aromatic rings. The van der Waals surface area contributed by atoms with Crippen molar-refractivity contribution in [2.45, 2.75) is 6.18 Å². The molecule has 0 aliphatic carbocycles. The molecule has 0 unspecified atom stereocenters. The fourth-order valence-corrected chi connectivity index (χ4v) is 1.81. The van der Waals surface area contributed by atoms with Crippen molar-refractivity contribution in [1.82, 2.24) is 0 Å². The summed E-state index contributed by atoms with van der Waals surface area (Å²) in [5, 5.41) is 2.06. The number of rotatable bonds is 3. The number of hydrogen-bond acceptors (Lipinski definition) is 4. The van der Waals surface area contributed by atoms with E-state index >= 15 is 0 Å². The number of methoxy groups -OCH3 is 1. The molecule has 1 aromatic heterocycles. The van der Waals surface area contributed by atoms with Gasteiger partial charge in [0, 0.05) is 6.07 Å². The summed E-state index contributed by atoms with van der Waals surface area (Å²) in [6.07, 6.45) is -3.66. The molecule has 0 fully saturated rings. The van der Waals surface area contributed by atoms with E-state index in [4.69, 9.17) is 16.0 Å². The molecule has 5 nitrogen and oxygen atoms in total. The molecule has 0 bridgehead atoms. The van der Waals surface area contributed by atoms with Gasteiger partial charge in [0.25, 0.3) is 5.91 Å². The van der Waals surface area contributed by atoms with Gasteiger partial charge in [-0.1, -0.05) is 11.6 Å². The summed E-state index contributed by atoms with van der Waals surface area (Å²) in [6.45, 7) is 0. The van der Waals surface area contributed by atoms with Crippen LogP contribution in [0.2, 0.25) is 5.02 Å². The van der Waals surface area contributed by atoms with E-state index in [2.05, 4.69) is 10.1 Å². The van der Waals surface area contributed by atoms with E-state index in [1.54, 1.807) is 0 Å². The highest BCUT2D eigenvalue weighted by atomic mass is 35.5. The Morgan fingerprint density at radius 1 is 1.30 bits per heavy atom. The lowest BCUT2D eigenvalue weighted by atomic mass is 10.2. The van der Waals surface area contributed by atoms with Gasteiger partial charge in [-0.05, 0) is 18.2 Å². The maximum atomic E-state index is 12.7. The third kappa shape index (κ3) is 3.84. The maximum absolute atomic E-state index is 12.7. The highest BCUT2D eigenvalue weighted by Crippen LogP contribution is 2.33. The van der Waals surface area contributed by atoms with Crippen LogP contribution in [0.5, 0.6) is 5.75 Å². The summed E-state index contributed by atoms with van der Waals surface area (Å²) in [7, 11) is 1.24. The molecule has 1 N–H and O–H groups in total. The standard InChI is InChI=1S/C14H9ClF3NO4/c1-22-12-6-23-11(5-10(12)20)13(21)19-9-4-7(14(16,17)18)2-3-8(9)15/h2-6H,1H3,(H,19,21). The molecule has 1 amide bonds. The van der Waals surface area contributed by atoms with Gasteiger partial charge in [0.15, 0.2) is 5.76 Å². The molecule has 23 heavy (non-hydrogen) atoms. The second-order valence-corrected chi connectivity index (χ2v) is 4.73. The molecule has 1 heterocycles. The van der Waals surface area contributed by atoms with Gasteiger partial charge in [0.2, 0.25) is 11.2 Å². The van der Waals surface area contributed by atoms with E-state index in [1.807, 2.05) is 0 Å². The fourth-order valence-electron chi connectivity index (χ4n) is 1.65. The molecule has 2 rings (SSSR count). The zero-order valence-corrected chi connectivity index (χ0v) is 12.3. The first-order valence-corrected chi connectivity index (χ1v) is 6.45. The smallest absolute Gasteiger partial charge is 0.416 e. The predicted molar refractivity (Wildman–Crippen MR) is 75.9 cm³/mol. The molecule has 0 saturated carbocycles. The maximum Gasteiger partial charge on any atom is 0.416 e. The lowest BCUT2D eigenvalue weighted by molar-refractivity contribution is -0.137. The Bertz CT molecular complexity index is 801. The minimum atomic E-state index is -4.59. The van der Waals surface area contributed by atoms with Gasteiger partial charge in [0.05, 0.1) is 23.4 Å². The Labute approximate surface area is 132 Å². The lowest BCUT2D eigenvalue weighted by Crippen LogP contribution is -2.16. The summed E-state index contributed by atoms with van der Waals surface area (Å²) in [5.41, 5.74) is -1.85. The van der Waals surface area contributed by atoms with Gasteiger partial charge in [-0.25, -0.2) is 0 Å². The number of nitrogens with one attached hydrogen (secondary N) is 1. The number of alkyl halides is 3. The minimum Gasteiger partial charge on any atom is -0.490 e. The number of benzene rings is 1. The van der Waals surface area contributed by atoms with Crippen molar-refractivity contribution < 1.29 is 27.1 Å². The fraction of sp³-hybridized carbons (Fsp3) is 0.143. The molecule has 0 spiro atoms. The van der Waals surface area contributed by atoms with E-state index in [0.29, 0.717) is 6.07 Å². The number of amides is 1. The van der Waals surface area contributed by atoms with Crippen molar-refractivity contribution in [3.63, 3.8) is 0 Å². The molecule has 0 atom stereocenters. The van der Waals surface area contributed by atoms with Crippen LogP contribution < -0.4 is 15.5 Å². The van der Waals surface area contributed by atoms with Crippen LogP contribution in [0.1, 0.15) is 16.1 Å². The minimum absolute atomic E-state index is 0.0952. The van der Waals surface area contributed by atoms with Gasteiger partial charge in [-0.2, -0.15) is 13.2 Å². The van der Waals surface area contributed by atoms with Gasteiger partial charge in [-0.15, -0.1) is 0 Å². The first-order chi connectivity index (χ1) is 10.7. The predicted octanol–water partition coefficient (Wildman–Crippen LogP) is 3.57. The quantitative estimate of drug-likeness (QED) is 0.921. The second kappa shape index (κ2) is 6.33. The van der Waals surface area contributed by atoms with Crippen LogP contribution in [0, 0.1) is 0 Å². The molecule has 9 heteroatoms. The Morgan fingerprint density at radius 3 is 2.57 bits per heavy atom. The zero-order valence-electron chi connectivity index (χ0n) is 11.5. The van der Waals surface area contributed by atoms with E-state index in [0.717, 1.165) is 24.5 Å². The first-order valence-electron chi connectivity index (χ1n) is 6.07.